The summed E-state index contributed by atoms with van der Waals surface area (Å²) in [7, 11) is 0. The van der Waals surface area contributed by atoms with Crippen molar-refractivity contribution in [2.45, 2.75) is 245 Å². The number of esters is 3. The number of hydrogen-bond acceptors (Lipinski definition) is 6. The van der Waals surface area contributed by atoms with Gasteiger partial charge in [0.25, 0.3) is 0 Å². The first-order valence-corrected chi connectivity index (χ1v) is 29.3. The molecule has 0 heterocycles. The van der Waals surface area contributed by atoms with Gasteiger partial charge in [-0.3, -0.25) is 14.4 Å². The molecule has 0 saturated carbocycles. The van der Waals surface area contributed by atoms with Crippen LogP contribution >= 0.6 is 0 Å². The smallest absolute Gasteiger partial charge is 0.306 e. The number of allylic oxidation sites excluding steroid dienone is 24. The normalized spacial score (nSPS) is 13.2. The molecule has 0 saturated heterocycles. The molecule has 0 aromatic heterocycles. The molecule has 0 aliphatic heterocycles. The Hall–Kier alpha value is -4.71. The van der Waals surface area contributed by atoms with Crippen molar-refractivity contribution < 1.29 is 28.6 Å². The van der Waals surface area contributed by atoms with Gasteiger partial charge in [0.15, 0.2) is 6.10 Å². The number of carbonyl (C=O) groups excluding carboxylic acids is 3. The molecule has 0 aliphatic rings. The maximum atomic E-state index is 12.9. The molecule has 0 aliphatic carbocycles. The lowest BCUT2D eigenvalue weighted by atomic mass is 10.1. The van der Waals surface area contributed by atoms with Crippen LogP contribution in [0, 0.1) is 0 Å². The Morgan fingerprint density at radius 3 is 0.918 bits per heavy atom. The van der Waals surface area contributed by atoms with Gasteiger partial charge in [-0.2, -0.15) is 0 Å². The van der Waals surface area contributed by atoms with Gasteiger partial charge >= 0.3 is 17.9 Å². The Balaban J connectivity index is 4.50. The van der Waals surface area contributed by atoms with Gasteiger partial charge in [-0.15, -0.1) is 0 Å². The number of unbranched alkanes of at least 4 members (excludes halogenated alkanes) is 16. The second kappa shape index (κ2) is 59.8. The first-order valence-electron chi connectivity index (χ1n) is 29.3. The summed E-state index contributed by atoms with van der Waals surface area (Å²) in [5.41, 5.74) is 0. The van der Waals surface area contributed by atoms with E-state index >= 15 is 0 Å². The lowest BCUT2D eigenvalue weighted by Crippen LogP contribution is -2.30. The predicted molar refractivity (Wildman–Crippen MR) is 315 cm³/mol. The van der Waals surface area contributed by atoms with E-state index in [1.807, 2.05) is 12.2 Å². The molecule has 0 amide bonds. The van der Waals surface area contributed by atoms with Crippen LogP contribution in [0.1, 0.15) is 239 Å². The second-order valence-electron chi connectivity index (χ2n) is 18.8. The van der Waals surface area contributed by atoms with Crippen LogP contribution in [0.5, 0.6) is 0 Å². The highest BCUT2D eigenvalue weighted by molar-refractivity contribution is 5.71. The molecule has 410 valence electrons. The van der Waals surface area contributed by atoms with Crippen LogP contribution in [0.25, 0.3) is 0 Å². The molecule has 0 aromatic rings. The van der Waals surface area contributed by atoms with Crippen LogP contribution in [-0.4, -0.2) is 37.2 Å². The summed E-state index contributed by atoms with van der Waals surface area (Å²) in [6.07, 6.45) is 85.7. The third kappa shape index (κ3) is 58.1. The van der Waals surface area contributed by atoms with E-state index in [4.69, 9.17) is 14.2 Å². The van der Waals surface area contributed by atoms with Crippen molar-refractivity contribution in [3.8, 4) is 0 Å². The molecule has 73 heavy (non-hydrogen) atoms. The third-order valence-corrected chi connectivity index (χ3v) is 11.8. The van der Waals surface area contributed by atoms with Crippen molar-refractivity contribution >= 4 is 17.9 Å². The zero-order valence-corrected chi connectivity index (χ0v) is 46.8. The van der Waals surface area contributed by atoms with E-state index in [2.05, 4.69) is 154 Å². The second-order valence-corrected chi connectivity index (χ2v) is 18.8. The highest BCUT2D eigenvalue weighted by Crippen LogP contribution is 2.14. The molecule has 0 aromatic carbocycles. The summed E-state index contributed by atoms with van der Waals surface area (Å²) in [6.45, 7) is 6.29. The van der Waals surface area contributed by atoms with Crippen molar-refractivity contribution in [2.75, 3.05) is 13.2 Å². The van der Waals surface area contributed by atoms with Gasteiger partial charge in [-0.1, -0.05) is 237 Å². The van der Waals surface area contributed by atoms with E-state index in [0.29, 0.717) is 19.3 Å². The number of carbonyl (C=O) groups is 3. The van der Waals surface area contributed by atoms with Crippen LogP contribution in [0.3, 0.4) is 0 Å². The molecule has 0 radical (unpaired) electrons. The molecule has 0 N–H and O–H groups in total. The molecule has 0 rings (SSSR count). The average molecular weight is 1010 g/mol. The maximum Gasteiger partial charge on any atom is 0.306 e. The Morgan fingerprint density at radius 1 is 0.288 bits per heavy atom. The molecule has 0 bridgehead atoms. The van der Waals surface area contributed by atoms with Gasteiger partial charge in [-0.05, 0) is 128 Å². The van der Waals surface area contributed by atoms with Crippen molar-refractivity contribution in [3.05, 3.63) is 146 Å². The van der Waals surface area contributed by atoms with Gasteiger partial charge in [0.05, 0.1) is 0 Å². The Morgan fingerprint density at radius 2 is 0.562 bits per heavy atom. The lowest BCUT2D eigenvalue weighted by molar-refractivity contribution is -0.166. The Kier molecular flexibility index (Phi) is 56.0. The van der Waals surface area contributed by atoms with Crippen molar-refractivity contribution in [1.82, 2.24) is 0 Å². The average Bonchev–Trinajstić information content (AvgIpc) is 3.39. The van der Waals surface area contributed by atoms with Crippen LogP contribution < -0.4 is 0 Å². The zero-order valence-electron chi connectivity index (χ0n) is 46.8. The molecule has 6 heteroatoms. The van der Waals surface area contributed by atoms with Crippen molar-refractivity contribution in [1.29, 1.82) is 0 Å². The molecular formula is C67H106O6. The van der Waals surface area contributed by atoms with Gasteiger partial charge in [0.2, 0.25) is 0 Å². The van der Waals surface area contributed by atoms with Crippen LogP contribution in [0.4, 0.5) is 0 Å². The van der Waals surface area contributed by atoms with E-state index in [0.717, 1.165) is 122 Å². The van der Waals surface area contributed by atoms with Gasteiger partial charge in [0, 0.05) is 19.3 Å². The van der Waals surface area contributed by atoms with Crippen LogP contribution in [0.15, 0.2) is 146 Å². The number of rotatable bonds is 51. The fourth-order valence-electron chi connectivity index (χ4n) is 7.49. The van der Waals surface area contributed by atoms with E-state index < -0.39 is 6.10 Å². The summed E-state index contributed by atoms with van der Waals surface area (Å²) in [4.78, 5) is 38.2. The number of hydrogen-bond donors (Lipinski definition) is 0. The Labute approximate surface area is 448 Å². The molecule has 1 atom stereocenters. The summed E-state index contributed by atoms with van der Waals surface area (Å²) in [5.74, 6) is -1.04. The fourth-order valence-corrected chi connectivity index (χ4v) is 7.49. The van der Waals surface area contributed by atoms with Crippen molar-refractivity contribution in [2.24, 2.45) is 0 Å². The minimum atomic E-state index is -0.827. The maximum absolute atomic E-state index is 12.9. The molecule has 0 spiro atoms. The summed E-state index contributed by atoms with van der Waals surface area (Å²) < 4.78 is 16.8. The lowest BCUT2D eigenvalue weighted by Gasteiger charge is -2.18. The minimum Gasteiger partial charge on any atom is -0.462 e. The topological polar surface area (TPSA) is 78.9 Å². The summed E-state index contributed by atoms with van der Waals surface area (Å²) >= 11 is 0. The molecule has 1 unspecified atom stereocenters. The summed E-state index contributed by atoms with van der Waals surface area (Å²) in [6, 6.07) is 0. The first kappa shape index (κ1) is 68.3. The van der Waals surface area contributed by atoms with Crippen LogP contribution in [0.2, 0.25) is 0 Å². The molecule has 0 fully saturated rings. The van der Waals surface area contributed by atoms with E-state index in [-0.39, 0.29) is 37.5 Å². The van der Waals surface area contributed by atoms with Gasteiger partial charge < -0.3 is 14.2 Å². The fraction of sp³-hybridized carbons (Fsp3) is 0.597. The standard InChI is InChI=1S/C67H106O6/c1-4-7-10-13-16-19-22-25-27-29-31-32-33-34-36-37-39-42-45-48-51-54-57-60-66(69)72-63-64(62-71-65(68)59-56-53-50-47-44-41-24-21-18-15-12-9-6-3)73-67(70)61-58-55-52-49-46-43-40-38-35-30-28-26-23-20-17-14-11-8-5-2/h7,9-10,12,16-21,25-28,31-32,34,36,39,41-42,44,50,53,64H,4-6,8,11,13-15,22-24,29-30,33,35,37-38,40,43,45-49,51-52,54-63H2,1-3H3/b10-7-,12-9-,19-16-,20-17-,21-18-,27-25-,28-26-,32-31-,36-34-,42-39-,44-41-,53-50-. The highest BCUT2D eigenvalue weighted by atomic mass is 16.6. The third-order valence-electron chi connectivity index (χ3n) is 11.8. The monoisotopic (exact) mass is 1010 g/mol. The molecular weight excluding hydrogens is 901 g/mol. The predicted octanol–water partition coefficient (Wildman–Crippen LogP) is 20.0. The van der Waals surface area contributed by atoms with Gasteiger partial charge in [0.1, 0.15) is 13.2 Å². The van der Waals surface area contributed by atoms with Crippen molar-refractivity contribution in [3.63, 3.8) is 0 Å². The van der Waals surface area contributed by atoms with E-state index in [9.17, 15) is 14.4 Å². The van der Waals surface area contributed by atoms with Crippen LogP contribution in [-0.2, 0) is 28.6 Å². The Bertz CT molecular complexity index is 1630. The number of ether oxygens (including phenoxy) is 3. The van der Waals surface area contributed by atoms with E-state index in [1.54, 1.807) is 0 Å². The van der Waals surface area contributed by atoms with E-state index in [1.165, 1.54) is 70.6 Å². The zero-order chi connectivity index (χ0) is 52.9. The SMILES string of the molecule is CC/C=C\C/C=C\C/C=C\C/C=C\C/C=C\C/C=C\CCCCCCC(=O)OCC(COC(=O)CC/C=C\C/C=C\C/C=C\C/C=C\CC)OC(=O)CCCCCCCCCCC/C=C\C/C=C\CCCCC. The molecule has 6 nitrogen and oxygen atoms in total. The minimum absolute atomic E-state index is 0.121. The summed E-state index contributed by atoms with van der Waals surface area (Å²) in [5, 5.41) is 0. The largest absolute Gasteiger partial charge is 0.462 e. The quantitative estimate of drug-likeness (QED) is 0.0261. The van der Waals surface area contributed by atoms with Gasteiger partial charge in [-0.25, -0.2) is 0 Å². The highest BCUT2D eigenvalue weighted by Gasteiger charge is 2.19. The first-order chi connectivity index (χ1) is 36.0.